The van der Waals surface area contributed by atoms with Crippen molar-refractivity contribution < 1.29 is 14.3 Å². The number of aryl methyl sites for hydroxylation is 1. The van der Waals surface area contributed by atoms with E-state index in [1.165, 1.54) is 4.80 Å². The van der Waals surface area contributed by atoms with E-state index in [1.807, 2.05) is 0 Å². The molecule has 0 saturated carbocycles. The van der Waals surface area contributed by atoms with E-state index >= 15 is 0 Å². The predicted octanol–water partition coefficient (Wildman–Crippen LogP) is 3.27. The minimum Gasteiger partial charge on any atom is -0.452 e. The zero-order valence-electron chi connectivity index (χ0n) is 13.3. The maximum Gasteiger partial charge on any atom is 0.361 e. The molecule has 1 heterocycles. The maximum absolute atomic E-state index is 12.2. The van der Waals surface area contributed by atoms with Gasteiger partial charge in [-0.15, -0.1) is 5.10 Å². The fourth-order valence-electron chi connectivity index (χ4n) is 2.19. The number of halogens is 1. The first kappa shape index (κ1) is 16.9. The van der Waals surface area contributed by atoms with E-state index in [-0.39, 0.29) is 18.1 Å². The predicted molar refractivity (Wildman–Crippen MR) is 92.2 cm³/mol. The second-order valence-electron chi connectivity index (χ2n) is 5.27. The van der Waals surface area contributed by atoms with Gasteiger partial charge in [0.2, 0.25) is 0 Å². The summed E-state index contributed by atoms with van der Waals surface area (Å²) in [6.07, 6.45) is 0. The molecule has 6 nitrogen and oxygen atoms in total. The summed E-state index contributed by atoms with van der Waals surface area (Å²) < 4.78 is 5.07. The standard InChI is InChI=1S/C18H14ClN3O3/c1-12-17(21-22(20-12)15-9-5-8-14(19)10-15)18(24)25-11-16(23)13-6-3-2-4-7-13/h2-10H,11H2,1H3. The Labute approximate surface area is 149 Å². The number of benzene rings is 2. The summed E-state index contributed by atoms with van der Waals surface area (Å²) in [7, 11) is 0. The van der Waals surface area contributed by atoms with Crippen molar-refractivity contribution in [1.29, 1.82) is 0 Å². The van der Waals surface area contributed by atoms with Gasteiger partial charge in [-0.25, -0.2) is 4.79 Å². The average molecular weight is 356 g/mol. The van der Waals surface area contributed by atoms with Crippen LogP contribution in [-0.4, -0.2) is 33.4 Å². The van der Waals surface area contributed by atoms with Crippen LogP contribution in [0.3, 0.4) is 0 Å². The van der Waals surface area contributed by atoms with Crippen molar-refractivity contribution in [1.82, 2.24) is 15.0 Å². The molecule has 1 aromatic heterocycles. The lowest BCUT2D eigenvalue weighted by Gasteiger charge is -2.02. The van der Waals surface area contributed by atoms with Crippen LogP contribution < -0.4 is 0 Å². The quantitative estimate of drug-likeness (QED) is 0.518. The summed E-state index contributed by atoms with van der Waals surface area (Å²) in [6.45, 7) is 1.29. The highest BCUT2D eigenvalue weighted by atomic mass is 35.5. The van der Waals surface area contributed by atoms with Crippen molar-refractivity contribution in [3.63, 3.8) is 0 Å². The third-order valence-corrected chi connectivity index (χ3v) is 3.68. The Morgan fingerprint density at radius 2 is 1.84 bits per heavy atom. The minimum atomic E-state index is -0.699. The van der Waals surface area contributed by atoms with Crippen molar-refractivity contribution >= 4 is 23.4 Å². The van der Waals surface area contributed by atoms with Gasteiger partial charge in [0, 0.05) is 10.6 Å². The molecule has 0 atom stereocenters. The number of carbonyl (C=O) groups excluding carboxylic acids is 2. The second kappa shape index (κ2) is 7.27. The third kappa shape index (κ3) is 3.92. The van der Waals surface area contributed by atoms with E-state index in [9.17, 15) is 9.59 Å². The lowest BCUT2D eigenvalue weighted by molar-refractivity contribution is 0.0467. The molecular formula is C18H14ClN3O3. The number of nitrogens with zero attached hydrogens (tertiary/aromatic N) is 3. The molecule has 0 radical (unpaired) electrons. The molecule has 0 aliphatic carbocycles. The van der Waals surface area contributed by atoms with Crippen molar-refractivity contribution in [2.45, 2.75) is 6.92 Å². The third-order valence-electron chi connectivity index (χ3n) is 3.44. The highest BCUT2D eigenvalue weighted by molar-refractivity contribution is 6.30. The number of ether oxygens (including phenoxy) is 1. The first-order chi connectivity index (χ1) is 12.0. The molecule has 2 aromatic carbocycles. The number of esters is 1. The Bertz CT molecular complexity index is 922. The fourth-order valence-corrected chi connectivity index (χ4v) is 2.37. The number of hydrogen-bond donors (Lipinski definition) is 0. The van der Waals surface area contributed by atoms with Crippen LogP contribution >= 0.6 is 11.6 Å². The number of rotatable bonds is 5. The van der Waals surface area contributed by atoms with Crippen LogP contribution in [0.2, 0.25) is 5.02 Å². The van der Waals surface area contributed by atoms with Crippen LogP contribution in [0.25, 0.3) is 5.69 Å². The molecule has 0 spiro atoms. The van der Waals surface area contributed by atoms with Crippen molar-refractivity contribution in [3.8, 4) is 5.69 Å². The largest absolute Gasteiger partial charge is 0.452 e. The van der Waals surface area contributed by atoms with Gasteiger partial charge in [0.1, 0.15) is 0 Å². The fraction of sp³-hybridized carbons (Fsp3) is 0.111. The molecule has 0 saturated heterocycles. The van der Waals surface area contributed by atoms with Crippen molar-refractivity contribution in [2.24, 2.45) is 0 Å². The summed E-state index contributed by atoms with van der Waals surface area (Å²) >= 11 is 5.95. The van der Waals surface area contributed by atoms with Crippen LogP contribution in [0.4, 0.5) is 0 Å². The van der Waals surface area contributed by atoms with E-state index in [1.54, 1.807) is 61.5 Å². The lowest BCUT2D eigenvalue weighted by Crippen LogP contribution is -2.15. The van der Waals surface area contributed by atoms with Gasteiger partial charge in [-0.05, 0) is 25.1 Å². The SMILES string of the molecule is Cc1nn(-c2cccc(Cl)c2)nc1C(=O)OCC(=O)c1ccccc1. The molecule has 3 aromatic rings. The maximum atomic E-state index is 12.2. The molecule has 0 aliphatic heterocycles. The smallest absolute Gasteiger partial charge is 0.361 e. The molecule has 7 heteroatoms. The molecular weight excluding hydrogens is 342 g/mol. The zero-order chi connectivity index (χ0) is 17.8. The Balaban J connectivity index is 1.71. The lowest BCUT2D eigenvalue weighted by atomic mass is 10.1. The molecule has 0 amide bonds. The molecule has 0 fully saturated rings. The first-order valence-electron chi connectivity index (χ1n) is 7.50. The van der Waals surface area contributed by atoms with Crippen molar-refractivity contribution in [3.05, 3.63) is 76.6 Å². The van der Waals surface area contributed by atoms with Gasteiger partial charge in [-0.2, -0.15) is 9.90 Å². The van der Waals surface area contributed by atoms with Crippen LogP contribution in [0.15, 0.2) is 54.6 Å². The van der Waals surface area contributed by atoms with Gasteiger partial charge in [-0.1, -0.05) is 48.0 Å². The van der Waals surface area contributed by atoms with Crippen molar-refractivity contribution in [2.75, 3.05) is 6.61 Å². The Morgan fingerprint density at radius 1 is 1.08 bits per heavy atom. The number of ketones is 1. The van der Waals surface area contributed by atoms with E-state index < -0.39 is 5.97 Å². The zero-order valence-corrected chi connectivity index (χ0v) is 14.1. The summed E-state index contributed by atoms with van der Waals surface area (Å²) in [5, 5.41) is 8.85. The van der Waals surface area contributed by atoms with Gasteiger partial charge in [0.05, 0.1) is 11.4 Å². The van der Waals surface area contributed by atoms with Gasteiger partial charge in [0.15, 0.2) is 18.1 Å². The summed E-state index contributed by atoms with van der Waals surface area (Å²) in [4.78, 5) is 25.5. The van der Waals surface area contributed by atoms with E-state index in [0.717, 1.165) is 0 Å². The highest BCUT2D eigenvalue weighted by Crippen LogP contribution is 2.15. The Morgan fingerprint density at radius 3 is 2.56 bits per heavy atom. The van der Waals surface area contributed by atoms with Crippen LogP contribution in [0, 0.1) is 6.92 Å². The van der Waals surface area contributed by atoms with E-state index in [4.69, 9.17) is 16.3 Å². The molecule has 0 aliphatic rings. The summed E-state index contributed by atoms with van der Waals surface area (Å²) in [5.74, 6) is -0.983. The molecule has 126 valence electrons. The number of aromatic nitrogens is 3. The molecule has 0 N–H and O–H groups in total. The van der Waals surface area contributed by atoms with Crippen LogP contribution in [0.1, 0.15) is 26.5 Å². The van der Waals surface area contributed by atoms with Gasteiger partial charge in [0.25, 0.3) is 0 Å². The van der Waals surface area contributed by atoms with E-state index in [2.05, 4.69) is 10.2 Å². The van der Waals surface area contributed by atoms with Crippen LogP contribution in [-0.2, 0) is 4.74 Å². The summed E-state index contributed by atoms with van der Waals surface area (Å²) in [5.41, 5.74) is 1.56. The Kier molecular flexibility index (Phi) is 4.90. The second-order valence-corrected chi connectivity index (χ2v) is 5.71. The van der Waals surface area contributed by atoms with E-state index in [0.29, 0.717) is 22.0 Å². The first-order valence-corrected chi connectivity index (χ1v) is 7.87. The monoisotopic (exact) mass is 355 g/mol. The number of Topliss-reactive ketones (excluding diaryl/α,β-unsaturated/α-hetero) is 1. The molecule has 25 heavy (non-hydrogen) atoms. The highest BCUT2D eigenvalue weighted by Gasteiger charge is 2.19. The Hall–Kier alpha value is -2.99. The molecule has 0 bridgehead atoms. The van der Waals surface area contributed by atoms with Gasteiger partial charge in [-0.3, -0.25) is 4.79 Å². The minimum absolute atomic E-state index is 0.0563. The molecule has 3 rings (SSSR count). The number of hydrogen-bond acceptors (Lipinski definition) is 5. The average Bonchev–Trinajstić information content (AvgIpc) is 3.02. The topological polar surface area (TPSA) is 74.1 Å². The van der Waals surface area contributed by atoms with Crippen LogP contribution in [0.5, 0.6) is 0 Å². The normalized spacial score (nSPS) is 10.5. The number of carbonyl (C=O) groups is 2. The summed E-state index contributed by atoms with van der Waals surface area (Å²) in [6, 6.07) is 15.5. The molecule has 0 unspecified atom stereocenters. The van der Waals surface area contributed by atoms with Gasteiger partial charge < -0.3 is 4.74 Å². The van der Waals surface area contributed by atoms with Gasteiger partial charge >= 0.3 is 5.97 Å².